The molecule has 26 heavy (non-hydrogen) atoms. The van der Waals surface area contributed by atoms with Gasteiger partial charge in [-0.1, -0.05) is 0 Å². The Kier molecular flexibility index (Phi) is 5.00. The number of amides is 1. The van der Waals surface area contributed by atoms with Gasteiger partial charge in [-0.3, -0.25) is 19.7 Å². The van der Waals surface area contributed by atoms with Crippen LogP contribution >= 0.6 is 11.3 Å². The number of hydrogen-bond acceptors (Lipinski definition) is 6. The number of aryl methyl sites for hydroxylation is 1. The summed E-state index contributed by atoms with van der Waals surface area (Å²) in [6, 6.07) is 0. The third-order valence-electron chi connectivity index (χ3n) is 5.54. The number of thiazole rings is 1. The fourth-order valence-electron chi connectivity index (χ4n) is 4.27. The van der Waals surface area contributed by atoms with E-state index in [2.05, 4.69) is 25.2 Å². The zero-order valence-electron chi connectivity index (χ0n) is 15.2. The first kappa shape index (κ1) is 17.5. The normalized spacial score (nSPS) is 24.3. The third-order valence-corrected chi connectivity index (χ3v) is 6.18. The topological polar surface area (TPSA) is 62.2 Å². The van der Waals surface area contributed by atoms with Crippen LogP contribution in [0.15, 0.2) is 23.3 Å². The molecule has 0 radical (unpaired) electrons. The standard InChI is InChI=1S/C19H25N5OS/c1-15-7-21-16(8-20-15)10-24-13-19(5-3-18(24)25)4-2-6-23(12-19)9-17-11-26-14-22-17/h7-8,11,14H,2-6,9-10,12-13H2,1H3. The lowest BCUT2D eigenvalue weighted by Gasteiger charge is -2.48. The molecule has 6 nitrogen and oxygen atoms in total. The SMILES string of the molecule is Cc1cnc(CN2CC3(CCCN(Cc4cscn4)C3)CCC2=O)cn1. The number of nitrogens with zero attached hydrogens (tertiary/aromatic N) is 5. The van der Waals surface area contributed by atoms with E-state index in [4.69, 9.17) is 0 Å². The lowest BCUT2D eigenvalue weighted by molar-refractivity contribution is -0.140. The molecule has 2 aliphatic rings. The Bertz CT molecular complexity index is 748. The Morgan fingerprint density at radius 2 is 2.04 bits per heavy atom. The van der Waals surface area contributed by atoms with Gasteiger partial charge in [0.05, 0.1) is 35.3 Å². The highest BCUT2D eigenvalue weighted by Gasteiger charge is 2.41. The van der Waals surface area contributed by atoms with Gasteiger partial charge in [0, 0.05) is 43.0 Å². The smallest absolute Gasteiger partial charge is 0.222 e. The molecule has 4 rings (SSSR count). The molecule has 7 heteroatoms. The molecule has 1 spiro atoms. The number of rotatable bonds is 4. The van der Waals surface area contributed by atoms with E-state index in [0.29, 0.717) is 13.0 Å². The van der Waals surface area contributed by atoms with Gasteiger partial charge >= 0.3 is 0 Å². The second-order valence-corrected chi connectivity index (χ2v) is 8.41. The predicted molar refractivity (Wildman–Crippen MR) is 100 cm³/mol. The van der Waals surface area contributed by atoms with Gasteiger partial charge in [-0.05, 0) is 32.7 Å². The molecular formula is C19H25N5OS. The molecule has 0 saturated carbocycles. The zero-order valence-corrected chi connectivity index (χ0v) is 16.0. The van der Waals surface area contributed by atoms with E-state index in [0.717, 1.165) is 49.7 Å². The Labute approximate surface area is 158 Å². The van der Waals surface area contributed by atoms with Gasteiger partial charge < -0.3 is 4.90 Å². The van der Waals surface area contributed by atoms with Gasteiger partial charge in [-0.25, -0.2) is 4.98 Å². The van der Waals surface area contributed by atoms with Crippen molar-refractivity contribution in [1.82, 2.24) is 24.8 Å². The summed E-state index contributed by atoms with van der Waals surface area (Å²) in [4.78, 5) is 30.2. The number of piperidine rings is 2. The molecule has 0 aromatic carbocycles. The molecular weight excluding hydrogens is 346 g/mol. The molecule has 2 fully saturated rings. The average Bonchev–Trinajstić information content (AvgIpc) is 3.14. The molecule has 2 saturated heterocycles. The Morgan fingerprint density at radius 3 is 2.81 bits per heavy atom. The number of aromatic nitrogens is 3. The highest BCUT2D eigenvalue weighted by Crippen LogP contribution is 2.39. The van der Waals surface area contributed by atoms with Crippen molar-refractivity contribution in [3.8, 4) is 0 Å². The molecule has 4 heterocycles. The number of carbonyl (C=O) groups is 1. The van der Waals surface area contributed by atoms with Crippen LogP contribution in [-0.2, 0) is 17.9 Å². The fourth-order valence-corrected chi connectivity index (χ4v) is 4.82. The minimum atomic E-state index is 0.209. The van der Waals surface area contributed by atoms with Gasteiger partial charge in [0.1, 0.15) is 0 Å². The minimum Gasteiger partial charge on any atom is -0.336 e. The molecule has 2 aliphatic heterocycles. The Balaban J connectivity index is 1.44. The molecule has 138 valence electrons. The van der Waals surface area contributed by atoms with Crippen LogP contribution in [0.2, 0.25) is 0 Å². The predicted octanol–water partition coefficient (Wildman–Crippen LogP) is 2.65. The Morgan fingerprint density at radius 1 is 1.12 bits per heavy atom. The highest BCUT2D eigenvalue weighted by molar-refractivity contribution is 7.07. The van der Waals surface area contributed by atoms with Gasteiger partial charge in [0.15, 0.2) is 0 Å². The van der Waals surface area contributed by atoms with E-state index in [1.165, 1.54) is 12.8 Å². The second kappa shape index (κ2) is 7.40. The largest absolute Gasteiger partial charge is 0.336 e. The van der Waals surface area contributed by atoms with Crippen LogP contribution < -0.4 is 0 Å². The quantitative estimate of drug-likeness (QED) is 0.827. The summed E-state index contributed by atoms with van der Waals surface area (Å²) in [6.07, 6.45) is 7.59. The molecule has 1 amide bonds. The van der Waals surface area contributed by atoms with Crippen molar-refractivity contribution in [1.29, 1.82) is 0 Å². The van der Waals surface area contributed by atoms with Crippen molar-refractivity contribution < 1.29 is 4.79 Å². The van der Waals surface area contributed by atoms with Crippen LogP contribution in [0.1, 0.15) is 42.8 Å². The Hall–Kier alpha value is -1.86. The van der Waals surface area contributed by atoms with E-state index >= 15 is 0 Å². The zero-order chi connectivity index (χ0) is 18.0. The highest BCUT2D eigenvalue weighted by atomic mass is 32.1. The van der Waals surface area contributed by atoms with E-state index in [1.807, 2.05) is 17.3 Å². The van der Waals surface area contributed by atoms with E-state index in [9.17, 15) is 4.79 Å². The summed E-state index contributed by atoms with van der Waals surface area (Å²) in [7, 11) is 0. The third kappa shape index (κ3) is 3.94. The summed E-state index contributed by atoms with van der Waals surface area (Å²) in [6.45, 7) is 6.42. The molecule has 2 aromatic rings. The fraction of sp³-hybridized carbons (Fsp3) is 0.579. The number of likely N-dealkylation sites (tertiary alicyclic amines) is 2. The van der Waals surface area contributed by atoms with Gasteiger partial charge in [0.2, 0.25) is 5.91 Å². The minimum absolute atomic E-state index is 0.209. The summed E-state index contributed by atoms with van der Waals surface area (Å²) in [5.74, 6) is 0.245. The molecule has 1 unspecified atom stereocenters. The maximum Gasteiger partial charge on any atom is 0.222 e. The molecule has 0 aliphatic carbocycles. The van der Waals surface area contributed by atoms with Crippen LogP contribution in [0, 0.1) is 12.3 Å². The van der Waals surface area contributed by atoms with Crippen molar-refractivity contribution in [3.63, 3.8) is 0 Å². The summed E-state index contributed by atoms with van der Waals surface area (Å²) in [5, 5.41) is 2.13. The molecule has 0 bridgehead atoms. The van der Waals surface area contributed by atoms with Gasteiger partial charge in [0.25, 0.3) is 0 Å². The maximum atomic E-state index is 12.5. The first-order valence-corrected chi connectivity index (χ1v) is 10.2. The van der Waals surface area contributed by atoms with Crippen molar-refractivity contribution in [3.05, 3.63) is 40.4 Å². The molecule has 2 aromatic heterocycles. The van der Waals surface area contributed by atoms with Crippen LogP contribution in [-0.4, -0.2) is 50.3 Å². The molecule has 0 N–H and O–H groups in total. The monoisotopic (exact) mass is 371 g/mol. The van der Waals surface area contributed by atoms with Gasteiger partial charge in [-0.2, -0.15) is 0 Å². The average molecular weight is 372 g/mol. The van der Waals surface area contributed by atoms with Crippen LogP contribution in [0.4, 0.5) is 0 Å². The van der Waals surface area contributed by atoms with Crippen LogP contribution in [0.25, 0.3) is 0 Å². The number of carbonyl (C=O) groups excluding carboxylic acids is 1. The van der Waals surface area contributed by atoms with E-state index < -0.39 is 0 Å². The van der Waals surface area contributed by atoms with Crippen molar-refractivity contribution in [2.45, 2.75) is 45.7 Å². The van der Waals surface area contributed by atoms with Crippen molar-refractivity contribution in [2.75, 3.05) is 19.6 Å². The van der Waals surface area contributed by atoms with Crippen LogP contribution in [0.3, 0.4) is 0 Å². The van der Waals surface area contributed by atoms with E-state index in [-0.39, 0.29) is 11.3 Å². The van der Waals surface area contributed by atoms with Crippen LogP contribution in [0.5, 0.6) is 0 Å². The first-order valence-electron chi connectivity index (χ1n) is 9.27. The first-order chi connectivity index (χ1) is 12.6. The lowest BCUT2D eigenvalue weighted by Crippen LogP contribution is -2.53. The summed E-state index contributed by atoms with van der Waals surface area (Å²) < 4.78 is 0. The lowest BCUT2D eigenvalue weighted by atomic mass is 9.73. The van der Waals surface area contributed by atoms with E-state index in [1.54, 1.807) is 23.7 Å². The van der Waals surface area contributed by atoms with Crippen molar-refractivity contribution in [2.24, 2.45) is 5.41 Å². The van der Waals surface area contributed by atoms with Gasteiger partial charge in [-0.15, -0.1) is 11.3 Å². The summed E-state index contributed by atoms with van der Waals surface area (Å²) >= 11 is 1.65. The number of hydrogen-bond donors (Lipinski definition) is 0. The molecule has 1 atom stereocenters. The maximum absolute atomic E-state index is 12.5. The second-order valence-electron chi connectivity index (χ2n) is 7.69. The summed E-state index contributed by atoms with van der Waals surface area (Å²) in [5.41, 5.74) is 5.04. The van der Waals surface area contributed by atoms with Crippen molar-refractivity contribution >= 4 is 17.2 Å².